The first kappa shape index (κ1) is 19.3. The summed E-state index contributed by atoms with van der Waals surface area (Å²) >= 11 is 1.48. The Morgan fingerprint density at radius 1 is 1.21 bits per heavy atom. The number of likely N-dealkylation sites (tertiary alicyclic amines) is 2. The number of aromatic nitrogens is 3. The van der Waals surface area contributed by atoms with E-state index in [4.69, 9.17) is 0 Å². The highest BCUT2D eigenvalue weighted by atomic mass is 32.1. The third-order valence-corrected chi connectivity index (χ3v) is 6.70. The van der Waals surface area contributed by atoms with E-state index in [1.54, 1.807) is 6.20 Å². The fourth-order valence-corrected chi connectivity index (χ4v) is 4.83. The van der Waals surface area contributed by atoms with Gasteiger partial charge in [0.1, 0.15) is 16.5 Å². The first-order valence-corrected chi connectivity index (χ1v) is 11.0. The number of hydrogen-bond donors (Lipinski definition) is 1. The third-order valence-electron chi connectivity index (χ3n) is 5.90. The van der Waals surface area contributed by atoms with Crippen LogP contribution in [0.25, 0.3) is 10.7 Å². The van der Waals surface area contributed by atoms with Gasteiger partial charge in [-0.15, -0.1) is 11.3 Å². The molecule has 0 spiro atoms. The van der Waals surface area contributed by atoms with Crippen LogP contribution in [-0.4, -0.2) is 62.9 Å². The number of amides is 1. The van der Waals surface area contributed by atoms with Crippen molar-refractivity contribution in [1.29, 1.82) is 0 Å². The zero-order chi connectivity index (χ0) is 19.5. The number of aromatic amines is 1. The molecule has 0 aliphatic carbocycles. The standard InChI is InChI=1S/C20H27N5O2S/c1-14(24-8-3-2-4-9-24)20(27)25-10-5-15(6-11-25)18-22-16(13-17(26)23-18)19-21-7-12-28-19/h7,12-15H,2-6,8-11H2,1H3,(H,22,23,26). The summed E-state index contributed by atoms with van der Waals surface area (Å²) in [5.74, 6) is 1.12. The van der Waals surface area contributed by atoms with Crippen LogP contribution in [0.2, 0.25) is 0 Å². The topological polar surface area (TPSA) is 82.2 Å². The molecule has 2 aromatic rings. The van der Waals surface area contributed by atoms with Crippen LogP contribution in [0.5, 0.6) is 0 Å². The van der Waals surface area contributed by atoms with E-state index in [1.807, 2.05) is 17.2 Å². The monoisotopic (exact) mass is 401 g/mol. The Labute approximate surface area is 168 Å². The lowest BCUT2D eigenvalue weighted by Gasteiger charge is -2.37. The minimum Gasteiger partial charge on any atom is -0.341 e. The molecule has 2 saturated heterocycles. The molecule has 4 heterocycles. The van der Waals surface area contributed by atoms with Gasteiger partial charge in [0.2, 0.25) is 5.91 Å². The van der Waals surface area contributed by atoms with E-state index in [0.717, 1.165) is 30.9 Å². The second kappa shape index (κ2) is 8.53. The molecule has 2 aliphatic heterocycles. The van der Waals surface area contributed by atoms with Crippen molar-refractivity contribution in [3.63, 3.8) is 0 Å². The molecule has 1 N–H and O–H groups in total. The zero-order valence-corrected chi connectivity index (χ0v) is 17.1. The SMILES string of the molecule is CC(C(=O)N1CCC(c2nc(-c3nccs3)cc(=O)[nH]2)CC1)N1CCCCC1. The summed E-state index contributed by atoms with van der Waals surface area (Å²) in [5.41, 5.74) is 0.485. The molecule has 2 aromatic heterocycles. The van der Waals surface area contributed by atoms with Crippen molar-refractivity contribution in [2.75, 3.05) is 26.2 Å². The molecule has 0 radical (unpaired) electrons. The van der Waals surface area contributed by atoms with E-state index in [1.165, 1.54) is 36.7 Å². The van der Waals surface area contributed by atoms with Crippen LogP contribution in [-0.2, 0) is 4.79 Å². The van der Waals surface area contributed by atoms with Crippen molar-refractivity contribution in [1.82, 2.24) is 24.8 Å². The molecule has 7 nitrogen and oxygen atoms in total. The fraction of sp³-hybridized carbons (Fsp3) is 0.600. The Kier molecular flexibility index (Phi) is 5.87. The molecule has 2 fully saturated rings. The van der Waals surface area contributed by atoms with E-state index in [0.29, 0.717) is 24.6 Å². The van der Waals surface area contributed by atoms with Gasteiger partial charge in [-0.2, -0.15) is 0 Å². The van der Waals surface area contributed by atoms with Gasteiger partial charge in [0.25, 0.3) is 5.56 Å². The summed E-state index contributed by atoms with van der Waals surface area (Å²) in [6.45, 7) is 5.52. The molecule has 0 bridgehead atoms. The Morgan fingerprint density at radius 2 is 1.96 bits per heavy atom. The number of rotatable bonds is 4. The molecule has 0 aromatic carbocycles. The molecule has 8 heteroatoms. The van der Waals surface area contributed by atoms with Gasteiger partial charge in [0.15, 0.2) is 0 Å². The predicted molar refractivity (Wildman–Crippen MR) is 109 cm³/mol. The van der Waals surface area contributed by atoms with E-state index in [2.05, 4.69) is 19.9 Å². The van der Waals surface area contributed by atoms with Gasteiger partial charge in [-0.1, -0.05) is 6.42 Å². The zero-order valence-electron chi connectivity index (χ0n) is 16.3. The second-order valence-electron chi connectivity index (χ2n) is 7.73. The van der Waals surface area contributed by atoms with Crippen LogP contribution in [0.15, 0.2) is 22.4 Å². The smallest absolute Gasteiger partial charge is 0.251 e. The summed E-state index contributed by atoms with van der Waals surface area (Å²) in [7, 11) is 0. The van der Waals surface area contributed by atoms with Gasteiger partial charge in [0, 0.05) is 36.7 Å². The number of piperidine rings is 2. The molecule has 2 aliphatic rings. The fourth-order valence-electron chi connectivity index (χ4n) is 4.23. The molecule has 150 valence electrons. The van der Waals surface area contributed by atoms with E-state index in [-0.39, 0.29) is 23.4 Å². The summed E-state index contributed by atoms with van der Waals surface area (Å²) in [4.78, 5) is 41.1. The molecule has 1 atom stereocenters. The van der Waals surface area contributed by atoms with Crippen molar-refractivity contribution in [2.45, 2.75) is 51.0 Å². The Balaban J connectivity index is 1.40. The second-order valence-corrected chi connectivity index (χ2v) is 8.62. The summed E-state index contributed by atoms with van der Waals surface area (Å²) in [5, 5.41) is 2.64. The Hall–Kier alpha value is -2.06. The third kappa shape index (κ3) is 4.17. The molecule has 28 heavy (non-hydrogen) atoms. The van der Waals surface area contributed by atoms with Crippen molar-refractivity contribution < 1.29 is 4.79 Å². The van der Waals surface area contributed by atoms with Gasteiger partial charge < -0.3 is 9.88 Å². The normalized spacial score (nSPS) is 20.2. The van der Waals surface area contributed by atoms with Crippen molar-refractivity contribution in [3.05, 3.63) is 33.8 Å². The number of carbonyl (C=O) groups is 1. The van der Waals surface area contributed by atoms with Crippen molar-refractivity contribution in [2.24, 2.45) is 0 Å². The molecule has 4 rings (SSSR count). The highest BCUT2D eigenvalue weighted by Gasteiger charge is 2.31. The number of nitrogens with one attached hydrogen (secondary N) is 1. The van der Waals surface area contributed by atoms with Crippen LogP contribution < -0.4 is 5.56 Å². The first-order valence-electron chi connectivity index (χ1n) is 10.2. The van der Waals surface area contributed by atoms with Crippen LogP contribution >= 0.6 is 11.3 Å². The van der Waals surface area contributed by atoms with Gasteiger partial charge in [-0.25, -0.2) is 9.97 Å². The van der Waals surface area contributed by atoms with E-state index in [9.17, 15) is 9.59 Å². The number of thiazole rings is 1. The number of carbonyl (C=O) groups excluding carboxylic acids is 1. The van der Waals surface area contributed by atoms with Crippen LogP contribution in [0.4, 0.5) is 0 Å². The van der Waals surface area contributed by atoms with Gasteiger partial charge in [-0.3, -0.25) is 14.5 Å². The Morgan fingerprint density at radius 3 is 2.64 bits per heavy atom. The lowest BCUT2D eigenvalue weighted by molar-refractivity contribution is -0.137. The molecule has 1 amide bonds. The van der Waals surface area contributed by atoms with E-state index < -0.39 is 0 Å². The summed E-state index contributed by atoms with van der Waals surface area (Å²) < 4.78 is 0. The highest BCUT2D eigenvalue weighted by Crippen LogP contribution is 2.27. The summed E-state index contributed by atoms with van der Waals surface area (Å²) in [6.07, 6.45) is 7.01. The lowest BCUT2D eigenvalue weighted by atomic mass is 9.95. The number of hydrogen-bond acceptors (Lipinski definition) is 6. The van der Waals surface area contributed by atoms with Gasteiger partial charge in [-0.05, 0) is 45.7 Å². The number of H-pyrrole nitrogens is 1. The van der Waals surface area contributed by atoms with Crippen LogP contribution in [0.1, 0.15) is 50.8 Å². The first-order chi connectivity index (χ1) is 13.6. The average Bonchev–Trinajstić information content (AvgIpc) is 3.28. The molecule has 1 unspecified atom stereocenters. The number of nitrogens with zero attached hydrogens (tertiary/aromatic N) is 4. The predicted octanol–water partition coefficient (Wildman–Crippen LogP) is 2.47. The van der Waals surface area contributed by atoms with Crippen LogP contribution in [0.3, 0.4) is 0 Å². The molecular formula is C20H27N5O2S. The minimum absolute atomic E-state index is 0.0389. The van der Waals surface area contributed by atoms with Gasteiger partial charge in [0.05, 0.1) is 6.04 Å². The van der Waals surface area contributed by atoms with E-state index >= 15 is 0 Å². The van der Waals surface area contributed by atoms with Crippen molar-refractivity contribution >= 4 is 17.2 Å². The summed E-state index contributed by atoms with van der Waals surface area (Å²) in [6, 6.07) is 1.46. The maximum atomic E-state index is 12.9. The maximum absolute atomic E-state index is 12.9. The van der Waals surface area contributed by atoms with Crippen LogP contribution in [0, 0.1) is 0 Å². The average molecular weight is 402 g/mol. The highest BCUT2D eigenvalue weighted by molar-refractivity contribution is 7.13. The largest absolute Gasteiger partial charge is 0.341 e. The molecular weight excluding hydrogens is 374 g/mol. The van der Waals surface area contributed by atoms with Crippen molar-refractivity contribution in [3.8, 4) is 10.7 Å². The quantitative estimate of drug-likeness (QED) is 0.851. The lowest BCUT2D eigenvalue weighted by Crippen LogP contribution is -2.50. The Bertz CT molecular complexity index is 852. The molecule has 0 saturated carbocycles. The minimum atomic E-state index is -0.146. The van der Waals surface area contributed by atoms with Gasteiger partial charge >= 0.3 is 0 Å². The maximum Gasteiger partial charge on any atom is 0.251 e.